The van der Waals surface area contributed by atoms with Crippen molar-refractivity contribution in [1.29, 1.82) is 0 Å². The van der Waals surface area contributed by atoms with Gasteiger partial charge < -0.3 is 4.74 Å². The second-order valence-corrected chi connectivity index (χ2v) is 7.05. The van der Waals surface area contributed by atoms with Crippen molar-refractivity contribution in [3.63, 3.8) is 0 Å². The van der Waals surface area contributed by atoms with Gasteiger partial charge in [0.1, 0.15) is 5.75 Å². The maximum absolute atomic E-state index is 12.4. The Morgan fingerprint density at radius 3 is 2.00 bits per heavy atom. The highest BCUT2D eigenvalue weighted by Crippen LogP contribution is 2.30. The summed E-state index contributed by atoms with van der Waals surface area (Å²) >= 11 is 0. The van der Waals surface area contributed by atoms with Crippen LogP contribution in [0.1, 0.15) is 15.9 Å². The maximum Gasteiger partial charge on any atom is 0.416 e. The van der Waals surface area contributed by atoms with E-state index in [0.717, 1.165) is 30.5 Å². The highest BCUT2D eigenvalue weighted by molar-refractivity contribution is 7.90. The third-order valence-electron chi connectivity index (χ3n) is 3.16. The number of ketones is 1. The first-order chi connectivity index (χ1) is 11.1. The average Bonchev–Trinajstić information content (AvgIpc) is 2.51. The Labute approximate surface area is 136 Å². The normalized spacial score (nSPS) is 12.0. The molecule has 0 N–H and O–H groups in total. The Morgan fingerprint density at radius 1 is 1.00 bits per heavy atom. The lowest BCUT2D eigenvalue weighted by Gasteiger charge is -2.09. The van der Waals surface area contributed by atoms with Crippen LogP contribution >= 0.6 is 0 Å². The Hall–Kier alpha value is -2.35. The van der Waals surface area contributed by atoms with Crippen molar-refractivity contribution in [2.45, 2.75) is 11.1 Å². The smallest absolute Gasteiger partial charge is 0.416 e. The van der Waals surface area contributed by atoms with E-state index in [-0.39, 0.29) is 22.8 Å². The highest BCUT2D eigenvalue weighted by Gasteiger charge is 2.30. The van der Waals surface area contributed by atoms with Crippen LogP contribution in [0.25, 0.3) is 0 Å². The molecule has 0 aliphatic carbocycles. The topological polar surface area (TPSA) is 60.4 Å². The molecular formula is C16H13F3O4S. The molecule has 128 valence electrons. The summed E-state index contributed by atoms with van der Waals surface area (Å²) in [5.74, 6) is -0.293. The number of halogens is 3. The molecule has 0 aromatic heterocycles. The molecule has 0 fully saturated rings. The van der Waals surface area contributed by atoms with Gasteiger partial charge in [-0.2, -0.15) is 13.2 Å². The van der Waals surface area contributed by atoms with Gasteiger partial charge in [-0.25, -0.2) is 8.42 Å². The van der Waals surface area contributed by atoms with Crippen molar-refractivity contribution < 1.29 is 31.1 Å². The number of hydrogen-bond acceptors (Lipinski definition) is 4. The fourth-order valence-electron chi connectivity index (χ4n) is 1.86. The van der Waals surface area contributed by atoms with E-state index in [9.17, 15) is 26.4 Å². The summed E-state index contributed by atoms with van der Waals surface area (Å²) in [5.41, 5.74) is -0.563. The molecule has 2 aromatic carbocycles. The zero-order valence-corrected chi connectivity index (χ0v) is 13.3. The third kappa shape index (κ3) is 4.58. The molecular weight excluding hydrogens is 345 g/mol. The minimum atomic E-state index is -4.43. The first-order valence-corrected chi connectivity index (χ1v) is 8.60. The average molecular weight is 358 g/mol. The summed E-state index contributed by atoms with van der Waals surface area (Å²) in [6.07, 6.45) is -3.38. The number of carbonyl (C=O) groups is 1. The predicted octanol–water partition coefficient (Wildman–Crippen LogP) is 3.37. The molecule has 0 spiro atoms. The number of ether oxygens (including phenoxy) is 1. The maximum atomic E-state index is 12.4. The Bertz CT molecular complexity index is 823. The number of Topliss-reactive ketones (excluding diaryl/α,β-unsaturated/α-hetero) is 1. The number of sulfone groups is 1. The molecule has 2 rings (SSSR count). The van der Waals surface area contributed by atoms with E-state index in [0.29, 0.717) is 0 Å². The molecule has 8 heteroatoms. The molecule has 0 aliphatic rings. The Kier molecular flexibility index (Phi) is 4.98. The molecule has 0 amide bonds. The van der Waals surface area contributed by atoms with Gasteiger partial charge in [0.15, 0.2) is 22.2 Å². The fourth-order valence-corrected chi connectivity index (χ4v) is 2.49. The van der Waals surface area contributed by atoms with Crippen LogP contribution in [0.4, 0.5) is 13.2 Å². The van der Waals surface area contributed by atoms with E-state index >= 15 is 0 Å². The first kappa shape index (κ1) is 18.0. The fraction of sp³-hybridized carbons (Fsp3) is 0.188. The van der Waals surface area contributed by atoms with E-state index < -0.39 is 27.4 Å². The molecule has 24 heavy (non-hydrogen) atoms. The number of carbonyl (C=O) groups excluding carboxylic acids is 1. The number of alkyl halides is 3. The summed E-state index contributed by atoms with van der Waals surface area (Å²) in [4.78, 5) is 12.0. The third-order valence-corrected chi connectivity index (χ3v) is 4.28. The van der Waals surface area contributed by atoms with Crippen LogP contribution in [0.5, 0.6) is 5.75 Å². The SMILES string of the molecule is CS(=O)(=O)c1ccc(C(=O)COc2ccc(C(F)(F)F)cc2)cc1. The Morgan fingerprint density at radius 2 is 1.54 bits per heavy atom. The molecule has 0 heterocycles. The van der Waals surface area contributed by atoms with Gasteiger partial charge in [-0.1, -0.05) is 0 Å². The number of rotatable bonds is 5. The minimum Gasteiger partial charge on any atom is -0.485 e. The molecule has 0 radical (unpaired) electrons. The van der Waals surface area contributed by atoms with Crippen LogP contribution in [-0.2, 0) is 16.0 Å². The summed E-state index contributed by atoms with van der Waals surface area (Å²) < 4.78 is 65.1. The van der Waals surface area contributed by atoms with Crippen molar-refractivity contribution in [2.75, 3.05) is 12.9 Å². The number of benzene rings is 2. The quantitative estimate of drug-likeness (QED) is 0.769. The summed E-state index contributed by atoms with van der Waals surface area (Å²) in [7, 11) is -3.35. The second kappa shape index (κ2) is 6.64. The van der Waals surface area contributed by atoms with Crippen molar-refractivity contribution in [2.24, 2.45) is 0 Å². The van der Waals surface area contributed by atoms with Crippen LogP contribution in [0, 0.1) is 0 Å². The van der Waals surface area contributed by atoms with Gasteiger partial charge in [-0.05, 0) is 48.5 Å². The van der Waals surface area contributed by atoms with Gasteiger partial charge in [0, 0.05) is 11.8 Å². The van der Waals surface area contributed by atoms with Crippen molar-refractivity contribution in [3.8, 4) is 5.75 Å². The van der Waals surface area contributed by atoms with Gasteiger partial charge in [0.05, 0.1) is 10.5 Å². The van der Waals surface area contributed by atoms with Gasteiger partial charge in [-0.3, -0.25) is 4.79 Å². The van der Waals surface area contributed by atoms with Crippen LogP contribution in [0.2, 0.25) is 0 Å². The Balaban J connectivity index is 2.00. The molecule has 0 aliphatic heterocycles. The predicted molar refractivity (Wildman–Crippen MR) is 80.8 cm³/mol. The van der Waals surface area contributed by atoms with Gasteiger partial charge in [0.25, 0.3) is 0 Å². The van der Waals surface area contributed by atoms with Crippen LogP contribution < -0.4 is 4.74 Å². The second-order valence-electron chi connectivity index (χ2n) is 5.03. The molecule has 0 atom stereocenters. The van der Waals surface area contributed by atoms with Crippen LogP contribution in [0.15, 0.2) is 53.4 Å². The van der Waals surface area contributed by atoms with Crippen LogP contribution in [-0.4, -0.2) is 27.1 Å². The van der Waals surface area contributed by atoms with E-state index in [1.165, 1.54) is 24.3 Å². The van der Waals surface area contributed by atoms with Crippen molar-refractivity contribution in [1.82, 2.24) is 0 Å². The van der Waals surface area contributed by atoms with E-state index in [1.54, 1.807) is 0 Å². The molecule has 0 unspecified atom stereocenters. The monoisotopic (exact) mass is 358 g/mol. The summed E-state index contributed by atoms with van der Waals surface area (Å²) in [6, 6.07) is 9.30. The van der Waals surface area contributed by atoms with Gasteiger partial charge in [-0.15, -0.1) is 0 Å². The standard InChI is InChI=1S/C16H13F3O4S/c1-24(21,22)14-8-2-11(3-9-14)15(20)10-23-13-6-4-12(5-7-13)16(17,18)19/h2-9H,10H2,1H3. The van der Waals surface area contributed by atoms with E-state index in [4.69, 9.17) is 4.74 Å². The lowest BCUT2D eigenvalue weighted by Crippen LogP contribution is -2.12. The summed E-state index contributed by atoms with van der Waals surface area (Å²) in [5, 5.41) is 0. The van der Waals surface area contributed by atoms with E-state index in [1.807, 2.05) is 0 Å². The lowest BCUT2D eigenvalue weighted by molar-refractivity contribution is -0.137. The zero-order valence-electron chi connectivity index (χ0n) is 12.5. The first-order valence-electron chi connectivity index (χ1n) is 6.71. The van der Waals surface area contributed by atoms with E-state index in [2.05, 4.69) is 0 Å². The molecule has 0 bridgehead atoms. The molecule has 0 saturated heterocycles. The summed E-state index contributed by atoms with van der Waals surface area (Å²) in [6.45, 7) is -0.371. The molecule has 4 nitrogen and oxygen atoms in total. The van der Waals surface area contributed by atoms with Gasteiger partial charge in [0.2, 0.25) is 0 Å². The highest BCUT2D eigenvalue weighted by atomic mass is 32.2. The zero-order chi connectivity index (χ0) is 18.0. The lowest BCUT2D eigenvalue weighted by atomic mass is 10.1. The van der Waals surface area contributed by atoms with Crippen molar-refractivity contribution in [3.05, 3.63) is 59.7 Å². The minimum absolute atomic E-state index is 0.0858. The van der Waals surface area contributed by atoms with Gasteiger partial charge >= 0.3 is 6.18 Å². The number of hydrogen-bond donors (Lipinski definition) is 0. The molecule has 0 saturated carbocycles. The van der Waals surface area contributed by atoms with Crippen molar-refractivity contribution >= 4 is 15.6 Å². The largest absolute Gasteiger partial charge is 0.485 e. The van der Waals surface area contributed by atoms with Crippen LogP contribution in [0.3, 0.4) is 0 Å². The molecule has 2 aromatic rings.